The van der Waals surface area contributed by atoms with Crippen LogP contribution in [-0.4, -0.2) is 28.4 Å². The van der Waals surface area contributed by atoms with Crippen LogP contribution in [0.2, 0.25) is 0 Å². The molecule has 4 nitrogen and oxygen atoms in total. The second-order valence-corrected chi connectivity index (χ2v) is 6.17. The molecule has 0 unspecified atom stereocenters. The predicted octanol–water partition coefficient (Wildman–Crippen LogP) is 2.97. The Morgan fingerprint density at radius 2 is 2.05 bits per heavy atom. The first-order valence-corrected chi connectivity index (χ1v) is 8.16. The average molecular weight is 316 g/mol. The highest BCUT2D eigenvalue weighted by Crippen LogP contribution is 2.19. The summed E-state index contributed by atoms with van der Waals surface area (Å²) in [4.78, 5) is 17.7. The summed E-state index contributed by atoms with van der Waals surface area (Å²) in [5.74, 6) is 0.540. The van der Waals surface area contributed by atoms with E-state index in [1.165, 1.54) is 0 Å². The predicted molar refractivity (Wildman–Crippen MR) is 89.1 cm³/mol. The fourth-order valence-electron chi connectivity index (χ4n) is 2.17. The largest absolute Gasteiger partial charge is 0.396 e. The molecule has 22 heavy (non-hydrogen) atoms. The molecule has 116 valence electrons. The van der Waals surface area contributed by atoms with E-state index in [4.69, 9.17) is 5.11 Å². The van der Waals surface area contributed by atoms with Gasteiger partial charge in [0.1, 0.15) is 0 Å². The molecule has 0 aliphatic rings. The monoisotopic (exact) mass is 316 g/mol. The van der Waals surface area contributed by atoms with Crippen molar-refractivity contribution in [3.8, 4) is 0 Å². The van der Waals surface area contributed by atoms with Crippen LogP contribution in [0.25, 0.3) is 0 Å². The van der Waals surface area contributed by atoms with E-state index >= 15 is 0 Å². The van der Waals surface area contributed by atoms with Gasteiger partial charge in [-0.3, -0.25) is 9.78 Å². The number of thioether (sulfide) groups is 1. The van der Waals surface area contributed by atoms with Crippen LogP contribution in [0.3, 0.4) is 0 Å². The number of pyridine rings is 1. The van der Waals surface area contributed by atoms with Gasteiger partial charge in [-0.2, -0.15) is 0 Å². The number of carbonyl (C=O) groups is 1. The zero-order valence-electron chi connectivity index (χ0n) is 12.7. The first-order chi connectivity index (χ1) is 10.6. The SMILES string of the molecule is Cc1cccnc1[C@H](C)NC(=O)c1ccc(SCCO)cc1. The van der Waals surface area contributed by atoms with E-state index in [2.05, 4.69) is 10.3 Å². The molecule has 0 saturated carbocycles. The summed E-state index contributed by atoms with van der Waals surface area (Å²) >= 11 is 1.56. The Hall–Kier alpha value is -1.85. The van der Waals surface area contributed by atoms with Crippen LogP contribution in [-0.2, 0) is 0 Å². The Kier molecular flexibility index (Phi) is 5.98. The lowest BCUT2D eigenvalue weighted by Gasteiger charge is -2.15. The Morgan fingerprint density at radius 3 is 2.68 bits per heavy atom. The highest BCUT2D eigenvalue weighted by molar-refractivity contribution is 7.99. The van der Waals surface area contributed by atoms with Gasteiger partial charge in [0, 0.05) is 22.4 Å². The summed E-state index contributed by atoms with van der Waals surface area (Å²) in [5.41, 5.74) is 2.56. The average Bonchev–Trinajstić information content (AvgIpc) is 2.53. The molecule has 0 fully saturated rings. The smallest absolute Gasteiger partial charge is 0.251 e. The van der Waals surface area contributed by atoms with Crippen molar-refractivity contribution in [3.05, 3.63) is 59.4 Å². The molecular formula is C17H20N2O2S. The fraction of sp³-hybridized carbons (Fsp3) is 0.294. The van der Waals surface area contributed by atoms with Crippen LogP contribution in [0.5, 0.6) is 0 Å². The first kappa shape index (κ1) is 16.5. The highest BCUT2D eigenvalue weighted by Gasteiger charge is 2.14. The number of amides is 1. The molecule has 1 atom stereocenters. The number of hydrogen-bond donors (Lipinski definition) is 2. The number of carbonyl (C=O) groups excluding carboxylic acids is 1. The number of nitrogens with one attached hydrogen (secondary N) is 1. The van der Waals surface area contributed by atoms with Gasteiger partial charge in [-0.05, 0) is 49.7 Å². The van der Waals surface area contributed by atoms with Gasteiger partial charge in [0.05, 0.1) is 18.3 Å². The second kappa shape index (κ2) is 7.96. The Bertz CT molecular complexity index is 629. The molecule has 0 spiro atoms. The van der Waals surface area contributed by atoms with Gasteiger partial charge in [0.2, 0.25) is 0 Å². The molecule has 0 aliphatic heterocycles. The van der Waals surface area contributed by atoms with E-state index in [0.717, 1.165) is 16.2 Å². The molecule has 1 heterocycles. The van der Waals surface area contributed by atoms with E-state index in [-0.39, 0.29) is 18.6 Å². The molecule has 2 N–H and O–H groups in total. The third-order valence-corrected chi connectivity index (χ3v) is 4.28. The lowest BCUT2D eigenvalue weighted by atomic mass is 10.1. The van der Waals surface area contributed by atoms with Crippen LogP contribution in [0.1, 0.15) is 34.6 Å². The molecule has 0 saturated heterocycles. The number of aromatic nitrogens is 1. The molecule has 1 aromatic heterocycles. The van der Waals surface area contributed by atoms with E-state index in [9.17, 15) is 4.79 Å². The van der Waals surface area contributed by atoms with Gasteiger partial charge in [0.15, 0.2) is 0 Å². The maximum atomic E-state index is 12.3. The van der Waals surface area contributed by atoms with Gasteiger partial charge in [-0.15, -0.1) is 11.8 Å². The van der Waals surface area contributed by atoms with Crippen molar-refractivity contribution < 1.29 is 9.90 Å². The van der Waals surface area contributed by atoms with E-state index < -0.39 is 0 Å². The molecule has 2 aromatic rings. The minimum absolute atomic E-state index is 0.115. The van der Waals surface area contributed by atoms with E-state index in [0.29, 0.717) is 11.3 Å². The molecule has 1 amide bonds. The molecule has 0 aliphatic carbocycles. The number of aryl methyl sites for hydroxylation is 1. The number of rotatable bonds is 6. The van der Waals surface area contributed by atoms with Crippen molar-refractivity contribution >= 4 is 17.7 Å². The van der Waals surface area contributed by atoms with Gasteiger partial charge in [0.25, 0.3) is 5.91 Å². The summed E-state index contributed by atoms with van der Waals surface area (Å²) in [6.07, 6.45) is 1.73. The maximum absolute atomic E-state index is 12.3. The minimum atomic E-state index is -0.142. The van der Waals surface area contributed by atoms with Gasteiger partial charge >= 0.3 is 0 Å². The number of aliphatic hydroxyl groups excluding tert-OH is 1. The summed E-state index contributed by atoms with van der Waals surface area (Å²) < 4.78 is 0. The minimum Gasteiger partial charge on any atom is -0.396 e. The topological polar surface area (TPSA) is 62.2 Å². The quantitative estimate of drug-likeness (QED) is 0.804. The second-order valence-electron chi connectivity index (χ2n) is 5.00. The summed E-state index contributed by atoms with van der Waals surface area (Å²) in [6.45, 7) is 4.06. The van der Waals surface area contributed by atoms with Crippen molar-refractivity contribution in [2.75, 3.05) is 12.4 Å². The fourth-order valence-corrected chi connectivity index (χ4v) is 2.82. The normalized spacial score (nSPS) is 12.0. The van der Waals surface area contributed by atoms with Crippen LogP contribution in [0.4, 0.5) is 0 Å². The zero-order chi connectivity index (χ0) is 15.9. The Balaban J connectivity index is 2.01. The molecule has 0 bridgehead atoms. The molecule has 0 radical (unpaired) electrons. The van der Waals surface area contributed by atoms with Crippen LogP contribution in [0.15, 0.2) is 47.5 Å². The summed E-state index contributed by atoms with van der Waals surface area (Å²) in [7, 11) is 0. The first-order valence-electron chi connectivity index (χ1n) is 7.18. The number of aliphatic hydroxyl groups is 1. The van der Waals surface area contributed by atoms with E-state index in [1.807, 2.05) is 38.1 Å². The zero-order valence-corrected chi connectivity index (χ0v) is 13.6. The summed E-state index contributed by atoms with van der Waals surface area (Å²) in [5, 5.41) is 11.8. The van der Waals surface area contributed by atoms with Crippen molar-refractivity contribution in [2.24, 2.45) is 0 Å². The van der Waals surface area contributed by atoms with Crippen molar-refractivity contribution in [3.63, 3.8) is 0 Å². The van der Waals surface area contributed by atoms with E-state index in [1.54, 1.807) is 30.1 Å². The molecule has 1 aromatic carbocycles. The lowest BCUT2D eigenvalue weighted by molar-refractivity contribution is 0.0939. The molecule has 2 rings (SSSR count). The maximum Gasteiger partial charge on any atom is 0.251 e. The number of benzene rings is 1. The van der Waals surface area contributed by atoms with Crippen LogP contribution in [0, 0.1) is 6.92 Å². The standard InChI is InChI=1S/C17H20N2O2S/c1-12-4-3-9-18-16(12)13(2)19-17(21)14-5-7-15(8-6-14)22-11-10-20/h3-9,13,20H,10-11H2,1-2H3,(H,19,21)/t13-/m0/s1. The van der Waals surface area contributed by atoms with Gasteiger partial charge in [-0.1, -0.05) is 6.07 Å². The third kappa shape index (κ3) is 4.32. The van der Waals surface area contributed by atoms with Gasteiger partial charge in [-0.25, -0.2) is 0 Å². The molecule has 5 heteroatoms. The Morgan fingerprint density at radius 1 is 1.32 bits per heavy atom. The molecular weight excluding hydrogens is 296 g/mol. The third-order valence-electron chi connectivity index (χ3n) is 3.28. The van der Waals surface area contributed by atoms with Crippen molar-refractivity contribution in [1.29, 1.82) is 0 Å². The van der Waals surface area contributed by atoms with Crippen LogP contribution < -0.4 is 5.32 Å². The van der Waals surface area contributed by atoms with Gasteiger partial charge < -0.3 is 10.4 Å². The Labute approximate surface area is 135 Å². The number of nitrogens with zero attached hydrogens (tertiary/aromatic N) is 1. The van der Waals surface area contributed by atoms with Crippen molar-refractivity contribution in [1.82, 2.24) is 10.3 Å². The number of hydrogen-bond acceptors (Lipinski definition) is 4. The lowest BCUT2D eigenvalue weighted by Crippen LogP contribution is -2.27. The van der Waals surface area contributed by atoms with Crippen LogP contribution >= 0.6 is 11.8 Å². The summed E-state index contributed by atoms with van der Waals surface area (Å²) in [6, 6.07) is 11.1. The van der Waals surface area contributed by atoms with Crippen molar-refractivity contribution in [2.45, 2.75) is 24.8 Å². The highest BCUT2D eigenvalue weighted by atomic mass is 32.2.